The molecule has 0 unspecified atom stereocenters. The highest BCUT2D eigenvalue weighted by Gasteiger charge is 2.22. The van der Waals surface area contributed by atoms with Crippen molar-refractivity contribution in [3.05, 3.63) is 12.2 Å². The summed E-state index contributed by atoms with van der Waals surface area (Å²) in [4.78, 5) is 10.8. The molecule has 0 spiro atoms. The predicted molar refractivity (Wildman–Crippen MR) is 44.3 cm³/mol. The number of carbonyl (C=O) groups excluding carboxylic acids is 1. The fraction of sp³-hybridized carbons (Fsp3) is 0.667. The van der Waals surface area contributed by atoms with Crippen molar-refractivity contribution in [1.82, 2.24) is 0 Å². The minimum absolute atomic E-state index is 0.0126. The van der Waals surface area contributed by atoms with Crippen LogP contribution in [-0.4, -0.2) is 12.0 Å². The van der Waals surface area contributed by atoms with Crippen LogP contribution >= 0.6 is 0 Å². The monoisotopic (exact) mass is 194 g/mol. The molecule has 0 bridgehead atoms. The molecule has 0 aliphatic rings. The first-order valence-electron chi connectivity index (χ1n) is 4.24. The van der Waals surface area contributed by atoms with Gasteiger partial charge in [-0.05, 0) is 12.5 Å². The Balaban J connectivity index is 3.68. The van der Waals surface area contributed by atoms with Gasteiger partial charge in [-0.15, -0.1) is 0 Å². The molecule has 4 heteroatoms. The largest absolute Gasteiger partial charge is 0.409 e. The normalized spacial score (nSPS) is 12.3. The lowest BCUT2D eigenvalue weighted by atomic mass is 10.1. The topological polar surface area (TPSA) is 17.1 Å². The number of halogens is 3. The standard InChI is InChI=1S/C9H13F3O/c1-2-3-4-5-8(13)6-7-9(10,11)12/h6-7H,2-5H2,1H3/b7-6+. The lowest BCUT2D eigenvalue weighted by molar-refractivity contribution is -0.115. The Morgan fingerprint density at radius 2 is 1.92 bits per heavy atom. The summed E-state index contributed by atoms with van der Waals surface area (Å²) in [7, 11) is 0. The summed E-state index contributed by atoms with van der Waals surface area (Å²) in [5, 5.41) is 0. The average molecular weight is 194 g/mol. The van der Waals surface area contributed by atoms with Crippen LogP contribution in [-0.2, 0) is 4.79 Å². The average Bonchev–Trinajstić information content (AvgIpc) is 2.00. The molecule has 0 aromatic heterocycles. The summed E-state index contributed by atoms with van der Waals surface area (Å²) in [6.45, 7) is 1.97. The van der Waals surface area contributed by atoms with Gasteiger partial charge in [-0.25, -0.2) is 0 Å². The van der Waals surface area contributed by atoms with Crippen LogP contribution in [0.25, 0.3) is 0 Å². The minimum atomic E-state index is -4.37. The molecule has 0 aliphatic carbocycles. The van der Waals surface area contributed by atoms with Crippen molar-refractivity contribution < 1.29 is 18.0 Å². The summed E-state index contributed by atoms with van der Waals surface area (Å²) < 4.78 is 34.7. The third-order valence-corrected chi connectivity index (χ3v) is 1.48. The lowest BCUT2D eigenvalue weighted by Crippen LogP contribution is -2.03. The van der Waals surface area contributed by atoms with Gasteiger partial charge in [0.05, 0.1) is 0 Å². The van der Waals surface area contributed by atoms with E-state index < -0.39 is 12.0 Å². The Hall–Kier alpha value is -0.800. The lowest BCUT2D eigenvalue weighted by Gasteiger charge is -1.97. The minimum Gasteiger partial charge on any atom is -0.295 e. The molecule has 0 amide bonds. The fourth-order valence-electron chi connectivity index (χ4n) is 0.820. The van der Waals surface area contributed by atoms with Crippen LogP contribution < -0.4 is 0 Å². The second kappa shape index (κ2) is 5.78. The molecule has 0 atom stereocenters. The van der Waals surface area contributed by atoms with E-state index in [4.69, 9.17) is 0 Å². The molecule has 13 heavy (non-hydrogen) atoms. The summed E-state index contributed by atoms with van der Waals surface area (Å²) in [5.41, 5.74) is 0. The maximum atomic E-state index is 11.6. The number of ketones is 1. The summed E-state index contributed by atoms with van der Waals surface area (Å²) in [5.74, 6) is -0.453. The molecule has 0 saturated carbocycles. The van der Waals surface area contributed by atoms with Crippen molar-refractivity contribution >= 4 is 5.78 Å². The van der Waals surface area contributed by atoms with Crippen LogP contribution in [0.2, 0.25) is 0 Å². The third kappa shape index (κ3) is 9.11. The van der Waals surface area contributed by atoms with Crippen LogP contribution in [0.15, 0.2) is 12.2 Å². The summed E-state index contributed by atoms with van der Waals surface area (Å²) in [6.07, 6.45) is -1.07. The smallest absolute Gasteiger partial charge is 0.295 e. The molecule has 0 fully saturated rings. The molecule has 76 valence electrons. The van der Waals surface area contributed by atoms with Crippen LogP contribution in [0.1, 0.15) is 32.6 Å². The Kier molecular flexibility index (Phi) is 5.42. The molecule has 1 nitrogen and oxygen atoms in total. The zero-order valence-electron chi connectivity index (χ0n) is 7.53. The van der Waals surface area contributed by atoms with Gasteiger partial charge in [0.25, 0.3) is 0 Å². The van der Waals surface area contributed by atoms with Crippen molar-refractivity contribution in [3.8, 4) is 0 Å². The predicted octanol–water partition coefficient (Wildman–Crippen LogP) is 3.25. The maximum absolute atomic E-state index is 11.6. The van der Waals surface area contributed by atoms with Gasteiger partial charge in [-0.2, -0.15) is 13.2 Å². The van der Waals surface area contributed by atoms with E-state index in [1.54, 1.807) is 0 Å². The molecule has 0 N–H and O–H groups in total. The highest BCUT2D eigenvalue weighted by atomic mass is 19.4. The highest BCUT2D eigenvalue weighted by molar-refractivity contribution is 5.89. The zero-order valence-corrected chi connectivity index (χ0v) is 7.53. The molecule has 0 aromatic rings. The van der Waals surface area contributed by atoms with Gasteiger partial charge in [0.1, 0.15) is 0 Å². The quantitative estimate of drug-likeness (QED) is 0.485. The maximum Gasteiger partial charge on any atom is 0.409 e. The van der Waals surface area contributed by atoms with Gasteiger partial charge in [0.2, 0.25) is 0 Å². The van der Waals surface area contributed by atoms with E-state index in [9.17, 15) is 18.0 Å². The number of unbranched alkanes of at least 4 members (excludes halogenated alkanes) is 2. The van der Waals surface area contributed by atoms with Crippen molar-refractivity contribution in [2.45, 2.75) is 38.8 Å². The van der Waals surface area contributed by atoms with Gasteiger partial charge in [0.15, 0.2) is 5.78 Å². The molecular formula is C9H13F3O. The fourth-order valence-corrected chi connectivity index (χ4v) is 0.820. The van der Waals surface area contributed by atoms with E-state index >= 15 is 0 Å². The number of hydrogen-bond donors (Lipinski definition) is 0. The van der Waals surface area contributed by atoms with E-state index in [1.807, 2.05) is 6.92 Å². The van der Waals surface area contributed by atoms with E-state index in [0.717, 1.165) is 12.8 Å². The Labute approximate surface area is 75.6 Å². The summed E-state index contributed by atoms with van der Waals surface area (Å²) in [6, 6.07) is 0. The van der Waals surface area contributed by atoms with E-state index in [1.165, 1.54) is 0 Å². The molecular weight excluding hydrogens is 181 g/mol. The zero-order chi connectivity index (χ0) is 10.3. The van der Waals surface area contributed by atoms with Gasteiger partial charge in [-0.1, -0.05) is 19.8 Å². The van der Waals surface area contributed by atoms with Gasteiger partial charge in [0, 0.05) is 12.5 Å². The highest BCUT2D eigenvalue weighted by Crippen LogP contribution is 2.16. The first-order chi connectivity index (χ1) is 5.95. The second-order valence-electron chi connectivity index (χ2n) is 2.80. The number of rotatable bonds is 5. The molecule has 0 heterocycles. The Bertz CT molecular complexity index is 182. The Morgan fingerprint density at radius 1 is 1.31 bits per heavy atom. The first-order valence-corrected chi connectivity index (χ1v) is 4.24. The van der Waals surface area contributed by atoms with Crippen molar-refractivity contribution in [2.75, 3.05) is 0 Å². The second-order valence-corrected chi connectivity index (χ2v) is 2.80. The number of hydrogen-bond acceptors (Lipinski definition) is 1. The third-order valence-electron chi connectivity index (χ3n) is 1.48. The van der Waals surface area contributed by atoms with Crippen LogP contribution in [0, 0.1) is 0 Å². The molecule has 0 aliphatic heterocycles. The number of carbonyl (C=O) groups is 1. The molecule has 0 aromatic carbocycles. The molecule has 0 radical (unpaired) electrons. The van der Waals surface area contributed by atoms with Crippen molar-refractivity contribution in [1.29, 1.82) is 0 Å². The van der Waals surface area contributed by atoms with Crippen molar-refractivity contribution in [2.24, 2.45) is 0 Å². The van der Waals surface area contributed by atoms with Gasteiger partial charge < -0.3 is 0 Å². The Morgan fingerprint density at radius 3 is 2.38 bits per heavy atom. The van der Waals surface area contributed by atoms with Crippen molar-refractivity contribution in [3.63, 3.8) is 0 Å². The summed E-state index contributed by atoms with van der Waals surface area (Å²) >= 11 is 0. The van der Waals surface area contributed by atoms with Gasteiger partial charge in [-0.3, -0.25) is 4.79 Å². The van der Waals surface area contributed by atoms with E-state index in [2.05, 4.69) is 0 Å². The first kappa shape index (κ1) is 12.2. The molecule has 0 saturated heterocycles. The molecule has 0 rings (SSSR count). The van der Waals surface area contributed by atoms with Crippen LogP contribution in [0.3, 0.4) is 0 Å². The number of alkyl halides is 3. The van der Waals surface area contributed by atoms with Crippen LogP contribution in [0.4, 0.5) is 13.2 Å². The van der Waals surface area contributed by atoms with E-state index in [0.29, 0.717) is 12.5 Å². The SMILES string of the molecule is CCCCCC(=O)/C=C/C(F)(F)F. The van der Waals surface area contributed by atoms with Crippen LogP contribution in [0.5, 0.6) is 0 Å². The van der Waals surface area contributed by atoms with Gasteiger partial charge >= 0.3 is 6.18 Å². The number of allylic oxidation sites excluding steroid dienone is 2. The van der Waals surface area contributed by atoms with E-state index in [-0.39, 0.29) is 12.5 Å².